The second-order valence-corrected chi connectivity index (χ2v) is 2.73. The number of nitrogens with zero attached hydrogens (tertiary/aromatic N) is 1. The maximum Gasteiger partial charge on any atom is 0.175 e. The average Bonchev–Trinajstić information content (AvgIpc) is 2.54. The highest BCUT2D eigenvalue weighted by Gasteiger charge is 2.35. The van der Waals surface area contributed by atoms with Crippen molar-refractivity contribution in [1.29, 1.82) is 0 Å². The molecule has 0 aliphatic carbocycles. The van der Waals surface area contributed by atoms with Gasteiger partial charge in [0.15, 0.2) is 5.79 Å². The summed E-state index contributed by atoms with van der Waals surface area (Å²) in [7, 11) is 0. The summed E-state index contributed by atoms with van der Waals surface area (Å²) in [5.74, 6) is -0.519. The molecule has 0 aromatic carbocycles. The summed E-state index contributed by atoms with van der Waals surface area (Å²) in [6.07, 6.45) is 1.02. The first kappa shape index (κ1) is 9.28. The van der Waals surface area contributed by atoms with Crippen LogP contribution in [-0.2, 0) is 9.47 Å². The molecular weight excluding hydrogens is 160 g/mol. The number of hydrogen-bond acceptors (Lipinski definition) is 4. The van der Waals surface area contributed by atoms with Gasteiger partial charge < -0.3 is 20.4 Å². The van der Waals surface area contributed by atoms with E-state index in [9.17, 15) is 0 Å². The van der Waals surface area contributed by atoms with Crippen LogP contribution in [0.25, 0.3) is 0 Å². The van der Waals surface area contributed by atoms with Crippen molar-refractivity contribution >= 4 is 5.84 Å². The second kappa shape index (κ2) is 3.73. The Kier molecular flexibility index (Phi) is 2.88. The molecule has 0 saturated carbocycles. The zero-order valence-electron chi connectivity index (χ0n) is 7.12. The fourth-order valence-electron chi connectivity index (χ4n) is 1.24. The fourth-order valence-corrected chi connectivity index (χ4v) is 1.24. The predicted molar refractivity (Wildman–Crippen MR) is 43.0 cm³/mol. The molecule has 5 heteroatoms. The van der Waals surface area contributed by atoms with Gasteiger partial charge in [-0.15, -0.1) is 0 Å². The molecule has 0 aromatic rings. The molecule has 0 spiro atoms. The Labute approximate surface area is 71.1 Å². The molecule has 3 N–H and O–H groups in total. The molecule has 70 valence electrons. The highest BCUT2D eigenvalue weighted by molar-refractivity contribution is 5.80. The van der Waals surface area contributed by atoms with Gasteiger partial charge in [0.1, 0.15) is 5.84 Å². The van der Waals surface area contributed by atoms with Crippen molar-refractivity contribution in [2.75, 3.05) is 13.2 Å². The summed E-state index contributed by atoms with van der Waals surface area (Å²) in [6, 6.07) is 0. The molecule has 5 nitrogen and oxygen atoms in total. The van der Waals surface area contributed by atoms with Crippen molar-refractivity contribution in [2.45, 2.75) is 25.6 Å². The van der Waals surface area contributed by atoms with Gasteiger partial charge in [0, 0.05) is 0 Å². The van der Waals surface area contributed by atoms with Crippen LogP contribution < -0.4 is 5.73 Å². The topological polar surface area (TPSA) is 77.1 Å². The molecule has 0 amide bonds. The Morgan fingerprint density at radius 3 is 2.58 bits per heavy atom. The monoisotopic (exact) mass is 174 g/mol. The Balaban J connectivity index is 2.55. The third-order valence-electron chi connectivity index (χ3n) is 1.93. The van der Waals surface area contributed by atoms with Crippen molar-refractivity contribution in [2.24, 2.45) is 10.9 Å². The van der Waals surface area contributed by atoms with E-state index in [1.807, 2.05) is 6.92 Å². The van der Waals surface area contributed by atoms with Gasteiger partial charge in [0.05, 0.1) is 19.6 Å². The fraction of sp³-hybridized carbons (Fsp3) is 0.857. The van der Waals surface area contributed by atoms with Crippen LogP contribution in [0.2, 0.25) is 0 Å². The summed E-state index contributed by atoms with van der Waals surface area (Å²) in [4.78, 5) is 0. The molecule has 1 fully saturated rings. The minimum absolute atomic E-state index is 0.138. The van der Waals surface area contributed by atoms with E-state index < -0.39 is 5.79 Å². The third kappa shape index (κ3) is 1.86. The van der Waals surface area contributed by atoms with Crippen LogP contribution in [-0.4, -0.2) is 30.0 Å². The molecule has 1 saturated heterocycles. The zero-order valence-corrected chi connectivity index (χ0v) is 7.12. The lowest BCUT2D eigenvalue weighted by molar-refractivity contribution is -0.153. The maximum absolute atomic E-state index is 8.36. The summed E-state index contributed by atoms with van der Waals surface area (Å²) < 4.78 is 10.7. The summed E-state index contributed by atoms with van der Waals surface area (Å²) in [5, 5.41) is 11.2. The van der Waals surface area contributed by atoms with Crippen LogP contribution in [0.15, 0.2) is 5.16 Å². The van der Waals surface area contributed by atoms with Gasteiger partial charge >= 0.3 is 0 Å². The molecule has 12 heavy (non-hydrogen) atoms. The Morgan fingerprint density at radius 2 is 2.17 bits per heavy atom. The lowest BCUT2D eigenvalue weighted by Gasteiger charge is -2.24. The standard InChI is InChI=1S/C7H14N2O3/c1-2-7(5-6(8)9-10)11-3-4-12-7/h10H,2-5H2,1H3,(H2,8,9). The molecule has 0 unspecified atom stereocenters. The Morgan fingerprint density at radius 1 is 1.58 bits per heavy atom. The van der Waals surface area contributed by atoms with Gasteiger partial charge in [-0.3, -0.25) is 0 Å². The summed E-state index contributed by atoms with van der Waals surface area (Å²) in [6.45, 7) is 3.09. The normalized spacial score (nSPS) is 22.9. The highest BCUT2D eigenvalue weighted by Crippen LogP contribution is 2.26. The van der Waals surface area contributed by atoms with Crippen molar-refractivity contribution in [3.8, 4) is 0 Å². The van der Waals surface area contributed by atoms with Crippen LogP contribution in [0.3, 0.4) is 0 Å². The van der Waals surface area contributed by atoms with Crippen LogP contribution >= 0.6 is 0 Å². The third-order valence-corrected chi connectivity index (χ3v) is 1.93. The molecule has 1 rings (SSSR count). The smallest absolute Gasteiger partial charge is 0.175 e. The van der Waals surface area contributed by atoms with Gasteiger partial charge in [0.2, 0.25) is 0 Å². The molecule has 1 aliphatic heterocycles. The van der Waals surface area contributed by atoms with E-state index in [0.717, 1.165) is 0 Å². The van der Waals surface area contributed by atoms with Crippen LogP contribution in [0, 0.1) is 0 Å². The number of hydrogen-bond donors (Lipinski definition) is 2. The van der Waals surface area contributed by atoms with Gasteiger partial charge in [0.25, 0.3) is 0 Å². The first-order chi connectivity index (χ1) is 5.72. The Hall–Kier alpha value is -0.810. The van der Waals surface area contributed by atoms with Crippen molar-refractivity contribution in [3.05, 3.63) is 0 Å². The van der Waals surface area contributed by atoms with E-state index in [1.165, 1.54) is 0 Å². The quantitative estimate of drug-likeness (QED) is 0.279. The van der Waals surface area contributed by atoms with E-state index in [4.69, 9.17) is 20.4 Å². The number of rotatable bonds is 3. The number of nitrogens with two attached hydrogens (primary N) is 1. The van der Waals surface area contributed by atoms with Crippen molar-refractivity contribution in [3.63, 3.8) is 0 Å². The predicted octanol–water partition coefficient (Wildman–Crippen LogP) is 0.276. The molecule has 0 radical (unpaired) electrons. The van der Waals surface area contributed by atoms with E-state index in [1.54, 1.807) is 0 Å². The molecule has 0 atom stereocenters. The zero-order chi connectivity index (χ0) is 9.03. The SMILES string of the molecule is CCC1(C/C(N)=N/O)OCCO1. The molecule has 0 aromatic heterocycles. The van der Waals surface area contributed by atoms with Crippen molar-refractivity contribution < 1.29 is 14.7 Å². The second-order valence-electron chi connectivity index (χ2n) is 2.73. The molecule has 1 aliphatic rings. The lowest BCUT2D eigenvalue weighted by atomic mass is 10.1. The summed E-state index contributed by atoms with van der Waals surface area (Å²) in [5.41, 5.74) is 5.35. The minimum atomic E-state index is -0.656. The number of oxime groups is 1. The van der Waals surface area contributed by atoms with Gasteiger partial charge in [-0.25, -0.2) is 0 Å². The van der Waals surface area contributed by atoms with Crippen LogP contribution in [0.5, 0.6) is 0 Å². The molecular formula is C7H14N2O3. The molecule has 0 bridgehead atoms. The van der Waals surface area contributed by atoms with Gasteiger partial charge in [-0.05, 0) is 6.42 Å². The largest absolute Gasteiger partial charge is 0.409 e. The first-order valence-electron chi connectivity index (χ1n) is 3.97. The van der Waals surface area contributed by atoms with E-state index in [-0.39, 0.29) is 5.84 Å². The van der Waals surface area contributed by atoms with Gasteiger partial charge in [-0.1, -0.05) is 12.1 Å². The Bertz CT molecular complexity index is 175. The summed E-state index contributed by atoms with van der Waals surface area (Å²) >= 11 is 0. The first-order valence-corrected chi connectivity index (χ1v) is 3.97. The highest BCUT2D eigenvalue weighted by atomic mass is 16.7. The van der Waals surface area contributed by atoms with Crippen LogP contribution in [0.1, 0.15) is 19.8 Å². The maximum atomic E-state index is 8.36. The molecule has 1 heterocycles. The van der Waals surface area contributed by atoms with E-state index >= 15 is 0 Å². The number of ether oxygens (including phenoxy) is 2. The van der Waals surface area contributed by atoms with Gasteiger partial charge in [-0.2, -0.15) is 0 Å². The van der Waals surface area contributed by atoms with E-state index in [2.05, 4.69) is 5.16 Å². The van der Waals surface area contributed by atoms with Crippen molar-refractivity contribution in [1.82, 2.24) is 0 Å². The van der Waals surface area contributed by atoms with E-state index in [0.29, 0.717) is 26.1 Å². The van der Waals surface area contributed by atoms with Crippen LogP contribution in [0.4, 0.5) is 0 Å². The minimum Gasteiger partial charge on any atom is -0.409 e. The lowest BCUT2D eigenvalue weighted by Crippen LogP contribution is -2.35. The number of amidine groups is 1. The average molecular weight is 174 g/mol.